The molecule has 0 atom stereocenters. The minimum absolute atomic E-state index is 0.503. The van der Waals surface area contributed by atoms with Crippen molar-refractivity contribution >= 4 is 11.6 Å². The highest BCUT2D eigenvalue weighted by Crippen LogP contribution is 2.34. The number of hydrogen-bond donors (Lipinski definition) is 1. The number of rotatable bonds is 8. The van der Waals surface area contributed by atoms with Crippen molar-refractivity contribution in [1.82, 2.24) is 5.32 Å². The largest absolute Gasteiger partial charge is 0.490 e. The summed E-state index contributed by atoms with van der Waals surface area (Å²) in [6.07, 6.45) is 9.27. The van der Waals surface area contributed by atoms with E-state index >= 15 is 0 Å². The molecule has 0 unspecified atom stereocenters. The average molecular weight is 416 g/mol. The van der Waals surface area contributed by atoms with Crippen LogP contribution in [0.25, 0.3) is 0 Å². The van der Waals surface area contributed by atoms with Crippen molar-refractivity contribution in [1.29, 1.82) is 0 Å². The topological polar surface area (TPSA) is 30.5 Å². The second kappa shape index (κ2) is 11.5. The van der Waals surface area contributed by atoms with Crippen molar-refractivity contribution in [3.63, 3.8) is 0 Å². The van der Waals surface area contributed by atoms with E-state index in [4.69, 9.17) is 21.1 Å². The lowest BCUT2D eigenvalue weighted by atomic mass is 9.96. The molecular formula is C25H34ClNO2. The van der Waals surface area contributed by atoms with Crippen molar-refractivity contribution in [3.05, 3.63) is 58.1 Å². The fourth-order valence-corrected chi connectivity index (χ4v) is 4.16. The van der Waals surface area contributed by atoms with Gasteiger partial charge in [0.1, 0.15) is 6.61 Å². The summed E-state index contributed by atoms with van der Waals surface area (Å²) in [5, 5.41) is 4.45. The first-order chi connectivity index (χ1) is 14.2. The number of nitrogens with one attached hydrogen (secondary N) is 1. The van der Waals surface area contributed by atoms with Gasteiger partial charge in [0.2, 0.25) is 0 Å². The van der Waals surface area contributed by atoms with Crippen molar-refractivity contribution in [3.8, 4) is 11.5 Å². The maximum atomic E-state index is 6.62. The Kier molecular flexibility index (Phi) is 8.69. The molecule has 2 aromatic rings. The van der Waals surface area contributed by atoms with Gasteiger partial charge >= 0.3 is 0 Å². The van der Waals surface area contributed by atoms with Crippen LogP contribution in [0.5, 0.6) is 11.5 Å². The second-order valence-corrected chi connectivity index (χ2v) is 8.37. The summed E-state index contributed by atoms with van der Waals surface area (Å²) < 4.78 is 12.0. The Balaban J connectivity index is 1.67. The van der Waals surface area contributed by atoms with Crippen molar-refractivity contribution in [2.24, 2.45) is 0 Å². The summed E-state index contributed by atoms with van der Waals surface area (Å²) in [5.74, 6) is 1.47. The lowest BCUT2D eigenvalue weighted by molar-refractivity contribution is 0.268. The zero-order valence-electron chi connectivity index (χ0n) is 17.8. The van der Waals surface area contributed by atoms with E-state index < -0.39 is 0 Å². The normalized spacial score (nSPS) is 15.6. The number of aryl methyl sites for hydroxylation is 1. The number of benzene rings is 2. The summed E-state index contributed by atoms with van der Waals surface area (Å²) >= 11 is 6.62. The third-order valence-electron chi connectivity index (χ3n) is 5.74. The van der Waals surface area contributed by atoms with Crippen molar-refractivity contribution < 1.29 is 9.47 Å². The zero-order chi connectivity index (χ0) is 20.5. The molecule has 158 valence electrons. The van der Waals surface area contributed by atoms with Gasteiger partial charge in [0.25, 0.3) is 0 Å². The number of ether oxygens (including phenoxy) is 2. The quantitative estimate of drug-likeness (QED) is 0.512. The van der Waals surface area contributed by atoms with Crippen LogP contribution in [0.15, 0.2) is 36.4 Å². The van der Waals surface area contributed by atoms with Crippen LogP contribution in [0.4, 0.5) is 0 Å². The molecule has 1 aliphatic carbocycles. The Hall–Kier alpha value is -1.71. The Morgan fingerprint density at radius 3 is 2.34 bits per heavy atom. The van der Waals surface area contributed by atoms with Gasteiger partial charge in [-0.2, -0.15) is 0 Å². The van der Waals surface area contributed by atoms with E-state index in [0.717, 1.165) is 22.9 Å². The lowest BCUT2D eigenvalue weighted by Gasteiger charge is -2.22. The molecule has 1 fully saturated rings. The van der Waals surface area contributed by atoms with Crippen molar-refractivity contribution in [2.75, 3.05) is 6.61 Å². The SMILES string of the molecule is CCOc1cc(CNC2CCCCCCC2)c(Cl)cc1OCc1ccccc1C. The highest BCUT2D eigenvalue weighted by Gasteiger charge is 2.15. The van der Waals surface area contributed by atoms with E-state index in [1.54, 1.807) is 0 Å². The first-order valence-corrected chi connectivity index (χ1v) is 11.4. The minimum atomic E-state index is 0.503. The van der Waals surface area contributed by atoms with Crippen LogP contribution in [0.3, 0.4) is 0 Å². The number of hydrogen-bond acceptors (Lipinski definition) is 3. The van der Waals surface area contributed by atoms with Crippen molar-refractivity contribution in [2.45, 2.75) is 78.0 Å². The monoisotopic (exact) mass is 415 g/mol. The van der Waals surface area contributed by atoms with Crippen LogP contribution in [-0.2, 0) is 13.2 Å². The van der Waals surface area contributed by atoms with Crippen LogP contribution in [0.2, 0.25) is 5.02 Å². The van der Waals surface area contributed by atoms with E-state index in [2.05, 4.69) is 24.4 Å². The molecule has 1 aliphatic rings. The fourth-order valence-electron chi connectivity index (χ4n) is 3.94. The van der Waals surface area contributed by atoms with Gasteiger partial charge in [-0.05, 0) is 49.4 Å². The average Bonchev–Trinajstić information content (AvgIpc) is 2.69. The molecule has 0 aliphatic heterocycles. The molecule has 4 heteroatoms. The van der Waals surface area contributed by atoms with Crippen LogP contribution in [-0.4, -0.2) is 12.6 Å². The van der Waals surface area contributed by atoms with Crippen LogP contribution in [0.1, 0.15) is 68.6 Å². The predicted octanol–water partition coefficient (Wildman–Crippen LogP) is 6.83. The van der Waals surface area contributed by atoms with Gasteiger partial charge in [-0.1, -0.05) is 68.0 Å². The van der Waals surface area contributed by atoms with Gasteiger partial charge in [0, 0.05) is 23.7 Å². The standard InChI is InChI=1S/C25H34ClNO2/c1-3-28-24-15-21(17-27-22-13-7-5-4-6-8-14-22)23(26)16-25(24)29-18-20-12-10-9-11-19(20)2/h9-12,15-16,22,27H,3-8,13-14,17-18H2,1-2H3. The Bertz CT molecular complexity index is 769. The first-order valence-electron chi connectivity index (χ1n) is 11.0. The van der Waals surface area contributed by atoms with E-state index in [9.17, 15) is 0 Å². The Morgan fingerprint density at radius 1 is 0.931 bits per heavy atom. The smallest absolute Gasteiger partial charge is 0.163 e. The van der Waals surface area contributed by atoms with Gasteiger partial charge in [0.05, 0.1) is 6.61 Å². The minimum Gasteiger partial charge on any atom is -0.490 e. The molecule has 1 N–H and O–H groups in total. The van der Waals surface area contributed by atoms with Gasteiger partial charge in [-0.3, -0.25) is 0 Å². The molecule has 0 spiro atoms. The molecule has 0 heterocycles. The fraction of sp³-hybridized carbons (Fsp3) is 0.520. The molecule has 0 bridgehead atoms. The second-order valence-electron chi connectivity index (χ2n) is 7.96. The Morgan fingerprint density at radius 2 is 1.62 bits per heavy atom. The molecule has 29 heavy (non-hydrogen) atoms. The first kappa shape index (κ1) is 22.0. The molecule has 2 aromatic carbocycles. The molecule has 0 amide bonds. The van der Waals surface area contributed by atoms with E-state index in [-0.39, 0.29) is 0 Å². The molecule has 3 rings (SSSR count). The zero-order valence-corrected chi connectivity index (χ0v) is 18.6. The molecule has 0 aromatic heterocycles. The van der Waals surface area contributed by atoms with Crippen LogP contribution >= 0.6 is 11.6 Å². The molecule has 0 saturated heterocycles. The summed E-state index contributed by atoms with van der Waals surface area (Å²) in [6.45, 7) is 5.95. The van der Waals surface area contributed by atoms with E-state index in [1.807, 2.05) is 31.2 Å². The van der Waals surface area contributed by atoms with Gasteiger partial charge in [-0.25, -0.2) is 0 Å². The highest BCUT2D eigenvalue weighted by atomic mass is 35.5. The maximum absolute atomic E-state index is 6.62. The Labute approximate surface area is 180 Å². The lowest BCUT2D eigenvalue weighted by Crippen LogP contribution is -2.29. The summed E-state index contributed by atoms with van der Waals surface area (Å²) in [5.41, 5.74) is 3.46. The van der Waals surface area contributed by atoms with Gasteiger partial charge < -0.3 is 14.8 Å². The van der Waals surface area contributed by atoms with Crippen LogP contribution < -0.4 is 14.8 Å². The number of halogens is 1. The highest BCUT2D eigenvalue weighted by molar-refractivity contribution is 6.31. The van der Waals surface area contributed by atoms with E-state index in [1.165, 1.54) is 56.1 Å². The molecular weight excluding hydrogens is 382 g/mol. The summed E-state index contributed by atoms with van der Waals surface area (Å²) in [4.78, 5) is 0. The van der Waals surface area contributed by atoms with E-state index in [0.29, 0.717) is 25.0 Å². The summed E-state index contributed by atoms with van der Waals surface area (Å²) in [7, 11) is 0. The summed E-state index contributed by atoms with van der Waals surface area (Å²) in [6, 6.07) is 12.8. The van der Waals surface area contributed by atoms with Gasteiger partial charge in [-0.15, -0.1) is 0 Å². The van der Waals surface area contributed by atoms with Gasteiger partial charge in [0.15, 0.2) is 11.5 Å². The predicted molar refractivity (Wildman–Crippen MR) is 121 cm³/mol. The van der Waals surface area contributed by atoms with Crippen LogP contribution in [0, 0.1) is 6.92 Å². The molecule has 3 nitrogen and oxygen atoms in total. The molecule has 1 saturated carbocycles. The molecule has 0 radical (unpaired) electrons. The maximum Gasteiger partial charge on any atom is 0.163 e. The third-order valence-corrected chi connectivity index (χ3v) is 6.10. The third kappa shape index (κ3) is 6.65.